The minimum Gasteiger partial charge on any atom is -0.352 e. The number of nitrogens with one attached hydrogen (secondary N) is 1. The molecule has 0 aromatic carbocycles. The van der Waals surface area contributed by atoms with Crippen LogP contribution in [-0.2, 0) is 4.79 Å². The Morgan fingerprint density at radius 1 is 1.56 bits per heavy atom. The lowest BCUT2D eigenvalue weighted by molar-refractivity contribution is -0.119. The van der Waals surface area contributed by atoms with Crippen molar-refractivity contribution in [1.82, 2.24) is 10.3 Å². The number of rotatable bonds is 4. The molecule has 0 unspecified atom stereocenters. The lowest BCUT2D eigenvalue weighted by Crippen LogP contribution is -2.36. The van der Waals surface area contributed by atoms with E-state index >= 15 is 0 Å². The Bertz CT molecular complexity index is 388. The molecule has 0 bridgehead atoms. The van der Waals surface area contributed by atoms with E-state index in [1.807, 2.05) is 37.1 Å². The highest BCUT2D eigenvalue weighted by molar-refractivity contribution is 5.81. The van der Waals surface area contributed by atoms with Gasteiger partial charge >= 0.3 is 0 Å². The van der Waals surface area contributed by atoms with E-state index in [2.05, 4.69) is 10.3 Å². The molecule has 86 valence electrons. The second kappa shape index (κ2) is 4.51. The van der Waals surface area contributed by atoms with Crippen LogP contribution in [0.1, 0.15) is 18.5 Å². The van der Waals surface area contributed by atoms with Crippen LogP contribution in [0.3, 0.4) is 0 Å². The van der Waals surface area contributed by atoms with Crippen molar-refractivity contribution in [1.29, 1.82) is 0 Å². The van der Waals surface area contributed by atoms with E-state index < -0.39 is 0 Å². The molecule has 1 amide bonds. The van der Waals surface area contributed by atoms with Crippen LogP contribution in [0.25, 0.3) is 0 Å². The molecule has 1 fully saturated rings. The Morgan fingerprint density at radius 3 is 2.94 bits per heavy atom. The monoisotopic (exact) mass is 219 g/mol. The van der Waals surface area contributed by atoms with E-state index in [-0.39, 0.29) is 5.91 Å². The zero-order valence-electron chi connectivity index (χ0n) is 9.73. The molecular formula is C12H17N3O. The third-order valence-corrected chi connectivity index (χ3v) is 2.59. The molecule has 1 saturated carbocycles. The molecule has 0 saturated heterocycles. The molecular weight excluding hydrogens is 202 g/mol. The number of aromatic nitrogens is 1. The molecule has 4 heteroatoms. The van der Waals surface area contributed by atoms with E-state index in [1.165, 1.54) is 0 Å². The standard InChI is InChI=1S/C12H17N3O/c1-9-4-3-5-11(13-9)15(2)8-12(16)14-10-6-7-10/h3-5,10H,6-8H2,1-2H3,(H,14,16). The zero-order chi connectivity index (χ0) is 11.5. The van der Waals surface area contributed by atoms with Gasteiger partial charge in [0.15, 0.2) is 0 Å². The molecule has 1 N–H and O–H groups in total. The summed E-state index contributed by atoms with van der Waals surface area (Å²) in [5, 5.41) is 2.96. The predicted molar refractivity (Wildman–Crippen MR) is 63.4 cm³/mol. The largest absolute Gasteiger partial charge is 0.352 e. The highest BCUT2D eigenvalue weighted by atomic mass is 16.2. The van der Waals surface area contributed by atoms with E-state index in [4.69, 9.17) is 0 Å². The topological polar surface area (TPSA) is 45.2 Å². The van der Waals surface area contributed by atoms with Crippen LogP contribution >= 0.6 is 0 Å². The number of anilines is 1. The fourth-order valence-corrected chi connectivity index (χ4v) is 1.54. The highest BCUT2D eigenvalue weighted by Gasteiger charge is 2.23. The first-order valence-corrected chi connectivity index (χ1v) is 5.59. The molecule has 2 rings (SSSR count). The average molecular weight is 219 g/mol. The summed E-state index contributed by atoms with van der Waals surface area (Å²) in [6.45, 7) is 2.31. The summed E-state index contributed by atoms with van der Waals surface area (Å²) in [5.74, 6) is 0.916. The molecule has 1 aromatic rings. The molecule has 1 aliphatic carbocycles. The summed E-state index contributed by atoms with van der Waals surface area (Å²) in [6, 6.07) is 6.23. The molecule has 1 aliphatic rings. The van der Waals surface area contributed by atoms with Gasteiger partial charge in [-0.3, -0.25) is 4.79 Å². The summed E-state index contributed by atoms with van der Waals surface area (Å²) in [5.41, 5.74) is 0.965. The third kappa shape index (κ3) is 2.95. The number of hydrogen-bond acceptors (Lipinski definition) is 3. The van der Waals surface area contributed by atoms with Gasteiger partial charge in [0, 0.05) is 18.8 Å². The maximum absolute atomic E-state index is 11.6. The molecule has 16 heavy (non-hydrogen) atoms. The van der Waals surface area contributed by atoms with Crippen molar-refractivity contribution in [3.05, 3.63) is 23.9 Å². The van der Waals surface area contributed by atoms with E-state index in [0.29, 0.717) is 12.6 Å². The average Bonchev–Trinajstić information content (AvgIpc) is 3.01. The minimum absolute atomic E-state index is 0.0771. The van der Waals surface area contributed by atoms with Crippen molar-refractivity contribution in [3.8, 4) is 0 Å². The SMILES string of the molecule is Cc1cccc(N(C)CC(=O)NC2CC2)n1. The Balaban J connectivity index is 1.91. The quantitative estimate of drug-likeness (QED) is 0.825. The maximum atomic E-state index is 11.6. The number of likely N-dealkylation sites (N-methyl/N-ethyl adjacent to an activating group) is 1. The number of aryl methyl sites for hydroxylation is 1. The van der Waals surface area contributed by atoms with Gasteiger partial charge in [-0.15, -0.1) is 0 Å². The van der Waals surface area contributed by atoms with Gasteiger partial charge < -0.3 is 10.2 Å². The molecule has 0 radical (unpaired) electrons. The Morgan fingerprint density at radius 2 is 2.31 bits per heavy atom. The first-order valence-electron chi connectivity index (χ1n) is 5.59. The van der Waals surface area contributed by atoms with Gasteiger partial charge in [-0.2, -0.15) is 0 Å². The van der Waals surface area contributed by atoms with Gasteiger partial charge in [-0.25, -0.2) is 4.98 Å². The van der Waals surface area contributed by atoms with Crippen LogP contribution in [-0.4, -0.2) is 30.5 Å². The number of carbonyl (C=O) groups is 1. The summed E-state index contributed by atoms with van der Waals surface area (Å²) in [7, 11) is 1.88. The van der Waals surface area contributed by atoms with Crippen LogP contribution in [0, 0.1) is 6.92 Å². The van der Waals surface area contributed by atoms with E-state index in [0.717, 1.165) is 24.4 Å². The van der Waals surface area contributed by atoms with Gasteiger partial charge in [-0.1, -0.05) is 6.07 Å². The van der Waals surface area contributed by atoms with Crippen molar-refractivity contribution in [2.75, 3.05) is 18.5 Å². The Labute approximate surface area is 95.7 Å². The minimum atomic E-state index is 0.0771. The number of pyridine rings is 1. The van der Waals surface area contributed by atoms with Crippen LogP contribution in [0.4, 0.5) is 5.82 Å². The van der Waals surface area contributed by atoms with E-state index in [9.17, 15) is 4.79 Å². The summed E-state index contributed by atoms with van der Waals surface area (Å²) < 4.78 is 0. The van der Waals surface area contributed by atoms with Crippen molar-refractivity contribution >= 4 is 11.7 Å². The number of nitrogens with zero attached hydrogens (tertiary/aromatic N) is 2. The number of hydrogen-bond donors (Lipinski definition) is 1. The summed E-state index contributed by atoms with van der Waals surface area (Å²) >= 11 is 0. The Hall–Kier alpha value is -1.58. The smallest absolute Gasteiger partial charge is 0.239 e. The highest BCUT2D eigenvalue weighted by Crippen LogP contribution is 2.18. The van der Waals surface area contributed by atoms with Gasteiger partial charge in [0.1, 0.15) is 5.82 Å². The lowest BCUT2D eigenvalue weighted by Gasteiger charge is -2.17. The van der Waals surface area contributed by atoms with Crippen molar-refractivity contribution in [2.24, 2.45) is 0 Å². The Kier molecular flexibility index (Phi) is 3.08. The number of carbonyl (C=O) groups excluding carboxylic acids is 1. The van der Waals surface area contributed by atoms with Crippen molar-refractivity contribution in [2.45, 2.75) is 25.8 Å². The molecule has 1 heterocycles. The van der Waals surface area contributed by atoms with Crippen LogP contribution in [0.5, 0.6) is 0 Å². The van der Waals surface area contributed by atoms with Crippen LogP contribution in [0.15, 0.2) is 18.2 Å². The molecule has 0 aliphatic heterocycles. The van der Waals surface area contributed by atoms with Gasteiger partial charge in [0.2, 0.25) is 5.91 Å². The second-order valence-corrected chi connectivity index (χ2v) is 4.34. The van der Waals surface area contributed by atoms with Gasteiger partial charge in [0.25, 0.3) is 0 Å². The molecule has 4 nitrogen and oxygen atoms in total. The van der Waals surface area contributed by atoms with Crippen LogP contribution < -0.4 is 10.2 Å². The maximum Gasteiger partial charge on any atom is 0.239 e. The first kappa shape index (κ1) is 10.9. The van der Waals surface area contributed by atoms with Crippen molar-refractivity contribution < 1.29 is 4.79 Å². The van der Waals surface area contributed by atoms with Crippen LogP contribution in [0.2, 0.25) is 0 Å². The molecule has 0 atom stereocenters. The fraction of sp³-hybridized carbons (Fsp3) is 0.500. The lowest BCUT2D eigenvalue weighted by atomic mass is 10.3. The fourth-order valence-electron chi connectivity index (χ4n) is 1.54. The van der Waals surface area contributed by atoms with E-state index in [1.54, 1.807) is 0 Å². The molecule has 1 aromatic heterocycles. The summed E-state index contributed by atoms with van der Waals surface area (Å²) in [4.78, 5) is 17.8. The van der Waals surface area contributed by atoms with Crippen molar-refractivity contribution in [3.63, 3.8) is 0 Å². The predicted octanol–water partition coefficient (Wildman–Crippen LogP) is 1.10. The second-order valence-electron chi connectivity index (χ2n) is 4.34. The molecule has 0 spiro atoms. The van der Waals surface area contributed by atoms with Gasteiger partial charge in [0.05, 0.1) is 6.54 Å². The first-order chi connectivity index (χ1) is 7.65. The normalized spacial score (nSPS) is 14.6. The van der Waals surface area contributed by atoms with Gasteiger partial charge in [-0.05, 0) is 31.9 Å². The zero-order valence-corrected chi connectivity index (χ0v) is 9.73. The third-order valence-electron chi connectivity index (χ3n) is 2.59. The number of amides is 1. The summed E-state index contributed by atoms with van der Waals surface area (Å²) in [6.07, 6.45) is 2.25.